The molecule has 1 atom stereocenters. The molecule has 0 radical (unpaired) electrons. The molecule has 0 fully saturated rings. The molecule has 0 aromatic rings. The highest BCUT2D eigenvalue weighted by atomic mass is 28.4. The quantitative estimate of drug-likeness (QED) is 0.347. The van der Waals surface area contributed by atoms with Crippen molar-refractivity contribution in [2.75, 3.05) is 0 Å². The van der Waals surface area contributed by atoms with Gasteiger partial charge in [-0.25, -0.2) is 4.79 Å². The average Bonchev–Trinajstić information content (AvgIpc) is 2.18. The molecule has 0 saturated carbocycles. The van der Waals surface area contributed by atoms with Crippen molar-refractivity contribution in [1.82, 2.24) is 0 Å². The van der Waals surface area contributed by atoms with Gasteiger partial charge in [0.15, 0.2) is 8.32 Å². The van der Waals surface area contributed by atoms with Crippen molar-refractivity contribution in [2.45, 2.75) is 71.2 Å². The lowest BCUT2D eigenvalue weighted by Gasteiger charge is -2.25. The number of rotatable bonds is 9. The van der Waals surface area contributed by atoms with Crippen LogP contribution in [0.25, 0.3) is 0 Å². The summed E-state index contributed by atoms with van der Waals surface area (Å²) in [5.74, 6) is 1.85. The molecule has 0 aromatic carbocycles. The molecule has 0 heterocycles. The van der Waals surface area contributed by atoms with Crippen LogP contribution in [0.1, 0.15) is 45.4 Å². The molecule has 0 saturated heterocycles. The van der Waals surface area contributed by atoms with Crippen molar-refractivity contribution in [3.8, 4) is 0 Å². The Morgan fingerprint density at radius 3 is 2.44 bits per heavy atom. The van der Waals surface area contributed by atoms with E-state index in [0.717, 1.165) is 12.8 Å². The van der Waals surface area contributed by atoms with Crippen molar-refractivity contribution >= 4 is 14.3 Å². The molecule has 3 heteroatoms. The normalized spacial score (nSPS) is 13.2. The van der Waals surface area contributed by atoms with Crippen LogP contribution in [0.15, 0.2) is 6.08 Å². The second kappa shape index (κ2) is 8.74. The molecule has 0 aliphatic carbocycles. The Kier molecular flexibility index (Phi) is 8.54. The average molecular weight is 242 g/mol. The predicted molar refractivity (Wildman–Crippen MR) is 71.9 cm³/mol. The molecule has 0 rings (SSSR count). The second-order valence-corrected chi connectivity index (χ2v) is 9.72. The zero-order valence-electron chi connectivity index (χ0n) is 11.2. The third-order valence-electron chi connectivity index (χ3n) is 2.36. The minimum atomic E-state index is -1.49. The van der Waals surface area contributed by atoms with Crippen LogP contribution in [0, 0.1) is 0 Å². The maximum atomic E-state index is 10.2. The van der Waals surface area contributed by atoms with E-state index in [1.807, 2.05) is 5.94 Å². The molecule has 0 aliphatic heterocycles. The van der Waals surface area contributed by atoms with E-state index in [9.17, 15) is 4.79 Å². The maximum Gasteiger partial charge on any atom is 0.184 e. The van der Waals surface area contributed by atoms with Crippen molar-refractivity contribution in [3.05, 3.63) is 6.08 Å². The first-order valence-electron chi connectivity index (χ1n) is 6.36. The van der Waals surface area contributed by atoms with Gasteiger partial charge in [0.25, 0.3) is 0 Å². The lowest BCUT2D eigenvalue weighted by molar-refractivity contribution is 0.182. The molecular formula is C13H26O2Si. The van der Waals surface area contributed by atoms with Crippen LogP contribution in [0.4, 0.5) is 0 Å². The molecule has 16 heavy (non-hydrogen) atoms. The minimum Gasteiger partial charge on any atom is -0.414 e. The highest BCUT2D eigenvalue weighted by molar-refractivity contribution is 6.69. The molecule has 0 spiro atoms. The van der Waals surface area contributed by atoms with Gasteiger partial charge in [-0.1, -0.05) is 32.6 Å². The number of hydrogen-bond donors (Lipinski definition) is 0. The van der Waals surface area contributed by atoms with Gasteiger partial charge in [-0.15, -0.1) is 0 Å². The lowest BCUT2D eigenvalue weighted by atomic mass is 10.1. The smallest absolute Gasteiger partial charge is 0.184 e. The first kappa shape index (κ1) is 15.6. The molecule has 1 unspecified atom stereocenters. The van der Waals surface area contributed by atoms with Crippen LogP contribution < -0.4 is 0 Å². The molecule has 0 bridgehead atoms. The number of hydrogen-bond acceptors (Lipinski definition) is 2. The van der Waals surface area contributed by atoms with Gasteiger partial charge >= 0.3 is 0 Å². The van der Waals surface area contributed by atoms with Gasteiger partial charge in [0.1, 0.15) is 5.94 Å². The summed E-state index contributed by atoms with van der Waals surface area (Å²) in [7, 11) is -1.49. The van der Waals surface area contributed by atoms with E-state index < -0.39 is 8.32 Å². The van der Waals surface area contributed by atoms with Gasteiger partial charge in [0.05, 0.1) is 0 Å². The summed E-state index contributed by atoms with van der Waals surface area (Å²) in [6, 6.07) is 0. The Labute approximate surface area is 101 Å². The first-order valence-corrected chi connectivity index (χ1v) is 9.77. The highest BCUT2D eigenvalue weighted by Crippen LogP contribution is 2.16. The Balaban J connectivity index is 3.95. The van der Waals surface area contributed by atoms with Crippen LogP contribution >= 0.6 is 0 Å². The van der Waals surface area contributed by atoms with E-state index in [2.05, 4.69) is 26.6 Å². The van der Waals surface area contributed by atoms with Gasteiger partial charge in [0.2, 0.25) is 0 Å². The molecule has 0 amide bonds. The molecule has 94 valence electrons. The third kappa shape index (κ3) is 10.2. The van der Waals surface area contributed by atoms with Crippen LogP contribution in [-0.4, -0.2) is 20.4 Å². The number of carbonyl (C=O) groups excluding carboxylic acids is 1. The first-order chi connectivity index (χ1) is 7.49. The van der Waals surface area contributed by atoms with Crippen LogP contribution in [-0.2, 0) is 9.22 Å². The largest absolute Gasteiger partial charge is 0.414 e. The fraction of sp³-hybridized carbons (Fsp3) is 0.846. The van der Waals surface area contributed by atoms with Gasteiger partial charge in [-0.3, -0.25) is 0 Å². The van der Waals surface area contributed by atoms with Crippen LogP contribution in [0.3, 0.4) is 0 Å². The number of unbranched alkanes of at least 4 members (excludes halogenated alkanes) is 3. The molecular weight excluding hydrogens is 216 g/mol. The SMILES string of the molecule is CCCCCCC(CC=C=O)O[Si](C)(C)C. The molecule has 0 aromatic heterocycles. The zero-order valence-corrected chi connectivity index (χ0v) is 12.2. The Morgan fingerprint density at radius 1 is 1.25 bits per heavy atom. The maximum absolute atomic E-state index is 10.2. The van der Waals surface area contributed by atoms with Gasteiger partial charge in [-0.05, 0) is 26.1 Å². The summed E-state index contributed by atoms with van der Waals surface area (Å²) >= 11 is 0. The second-order valence-electron chi connectivity index (χ2n) is 5.26. The summed E-state index contributed by atoms with van der Waals surface area (Å²) in [6.45, 7) is 8.79. The van der Waals surface area contributed by atoms with Crippen LogP contribution in [0.2, 0.25) is 19.6 Å². The van der Waals surface area contributed by atoms with Crippen LogP contribution in [0.5, 0.6) is 0 Å². The van der Waals surface area contributed by atoms with Gasteiger partial charge in [0, 0.05) is 18.6 Å². The lowest BCUT2D eigenvalue weighted by Crippen LogP contribution is -2.31. The molecule has 0 aliphatic rings. The van der Waals surface area contributed by atoms with Gasteiger partial charge < -0.3 is 4.43 Å². The summed E-state index contributed by atoms with van der Waals surface area (Å²) in [6.07, 6.45) is 8.61. The summed E-state index contributed by atoms with van der Waals surface area (Å²) in [5.41, 5.74) is 0. The monoisotopic (exact) mass is 242 g/mol. The van der Waals surface area contributed by atoms with E-state index in [0.29, 0.717) is 0 Å². The topological polar surface area (TPSA) is 26.3 Å². The van der Waals surface area contributed by atoms with E-state index in [-0.39, 0.29) is 6.10 Å². The van der Waals surface area contributed by atoms with E-state index >= 15 is 0 Å². The molecule has 2 nitrogen and oxygen atoms in total. The van der Waals surface area contributed by atoms with E-state index in [1.165, 1.54) is 25.7 Å². The molecule has 0 N–H and O–H groups in total. The van der Waals surface area contributed by atoms with E-state index in [1.54, 1.807) is 6.08 Å². The fourth-order valence-electron chi connectivity index (χ4n) is 1.70. The van der Waals surface area contributed by atoms with Crippen molar-refractivity contribution in [3.63, 3.8) is 0 Å². The van der Waals surface area contributed by atoms with Crippen molar-refractivity contribution < 1.29 is 9.22 Å². The summed E-state index contributed by atoms with van der Waals surface area (Å²) in [4.78, 5) is 10.2. The summed E-state index contributed by atoms with van der Waals surface area (Å²) in [5, 5.41) is 0. The standard InChI is InChI=1S/C13H26O2Si/c1-5-6-7-8-10-13(11-9-12-14)15-16(2,3)4/h9,13H,5-8,10-11H2,1-4H3. The Morgan fingerprint density at radius 2 is 1.94 bits per heavy atom. The predicted octanol–water partition coefficient (Wildman–Crippen LogP) is 3.95. The Bertz CT molecular complexity index is 214. The fourth-order valence-corrected chi connectivity index (χ4v) is 2.92. The van der Waals surface area contributed by atoms with E-state index in [4.69, 9.17) is 4.43 Å². The minimum absolute atomic E-state index is 0.227. The Hall–Kier alpha value is -0.373. The highest BCUT2D eigenvalue weighted by Gasteiger charge is 2.20. The van der Waals surface area contributed by atoms with Gasteiger partial charge in [-0.2, -0.15) is 0 Å². The summed E-state index contributed by atoms with van der Waals surface area (Å²) < 4.78 is 6.05. The van der Waals surface area contributed by atoms with Crippen molar-refractivity contribution in [1.29, 1.82) is 0 Å². The zero-order chi connectivity index (χ0) is 12.4. The van der Waals surface area contributed by atoms with Crippen molar-refractivity contribution in [2.24, 2.45) is 0 Å². The third-order valence-corrected chi connectivity index (χ3v) is 3.40.